The predicted octanol–water partition coefficient (Wildman–Crippen LogP) is 6.64. The maximum absolute atomic E-state index is 12.4. The summed E-state index contributed by atoms with van der Waals surface area (Å²) in [6.45, 7) is 4.39. The summed E-state index contributed by atoms with van der Waals surface area (Å²) in [6, 6.07) is 10.4. The highest BCUT2D eigenvalue weighted by atomic mass is 16.5. The lowest BCUT2D eigenvalue weighted by atomic mass is 10.0. The molecular formula is C23H36O2. The van der Waals surface area contributed by atoms with E-state index in [-0.39, 0.29) is 18.0 Å². The molecule has 0 amide bonds. The van der Waals surface area contributed by atoms with Crippen LogP contribution < -0.4 is 0 Å². The molecule has 1 aromatic carbocycles. The first-order valence-electron chi connectivity index (χ1n) is 10.5. The van der Waals surface area contributed by atoms with Crippen molar-refractivity contribution in [2.24, 2.45) is 5.92 Å². The van der Waals surface area contributed by atoms with Crippen molar-refractivity contribution in [3.8, 4) is 0 Å². The van der Waals surface area contributed by atoms with Gasteiger partial charge in [0.2, 0.25) is 0 Å². The van der Waals surface area contributed by atoms with Gasteiger partial charge >= 0.3 is 5.97 Å². The molecule has 3 atom stereocenters. The summed E-state index contributed by atoms with van der Waals surface area (Å²) >= 11 is 0. The van der Waals surface area contributed by atoms with Crippen LogP contribution in [-0.2, 0) is 9.53 Å². The number of esters is 1. The second-order valence-electron chi connectivity index (χ2n) is 7.59. The summed E-state index contributed by atoms with van der Waals surface area (Å²) < 4.78 is 5.80. The molecule has 0 radical (unpaired) electrons. The zero-order chi connectivity index (χ0) is 17.9. The van der Waals surface area contributed by atoms with Gasteiger partial charge in [0, 0.05) is 0 Å². The van der Waals surface area contributed by atoms with Gasteiger partial charge in [-0.2, -0.15) is 0 Å². The Bertz CT molecular complexity index is 482. The molecule has 0 saturated heterocycles. The normalized spacial score (nSPS) is 20.2. The predicted molar refractivity (Wildman–Crippen MR) is 105 cm³/mol. The van der Waals surface area contributed by atoms with Crippen LogP contribution in [0.1, 0.15) is 96.0 Å². The Morgan fingerprint density at radius 2 is 1.64 bits per heavy atom. The van der Waals surface area contributed by atoms with E-state index >= 15 is 0 Å². The molecule has 0 N–H and O–H groups in total. The third-order valence-electron chi connectivity index (χ3n) is 5.44. The molecule has 2 rings (SSSR count). The van der Waals surface area contributed by atoms with Crippen LogP contribution in [0, 0.1) is 5.92 Å². The topological polar surface area (TPSA) is 26.3 Å². The number of carbonyl (C=O) groups is 1. The highest BCUT2D eigenvalue weighted by Gasteiger charge is 2.45. The van der Waals surface area contributed by atoms with Gasteiger partial charge in [0.25, 0.3) is 0 Å². The summed E-state index contributed by atoms with van der Waals surface area (Å²) in [6.07, 6.45) is 13.6. The van der Waals surface area contributed by atoms with Crippen molar-refractivity contribution in [2.45, 2.75) is 96.5 Å². The SMILES string of the molecule is CCCCCCCCCCC(CC)OC(=O)C1CC1c1ccccc1. The number of ether oxygens (including phenoxy) is 1. The summed E-state index contributed by atoms with van der Waals surface area (Å²) in [5.74, 6) is 0.504. The smallest absolute Gasteiger partial charge is 0.309 e. The Morgan fingerprint density at radius 3 is 2.28 bits per heavy atom. The molecule has 1 aliphatic carbocycles. The van der Waals surface area contributed by atoms with Gasteiger partial charge in [0.1, 0.15) is 6.10 Å². The minimum atomic E-state index is 0.0280. The molecular weight excluding hydrogens is 308 g/mol. The van der Waals surface area contributed by atoms with Crippen LogP contribution in [0.3, 0.4) is 0 Å². The number of benzene rings is 1. The molecule has 0 aliphatic heterocycles. The van der Waals surface area contributed by atoms with Gasteiger partial charge in [0.15, 0.2) is 0 Å². The average molecular weight is 345 g/mol. The van der Waals surface area contributed by atoms with Crippen LogP contribution in [0.15, 0.2) is 30.3 Å². The van der Waals surface area contributed by atoms with Crippen LogP contribution in [0.5, 0.6) is 0 Å². The number of hydrogen-bond donors (Lipinski definition) is 0. The van der Waals surface area contributed by atoms with E-state index in [1.165, 1.54) is 56.9 Å². The molecule has 3 unspecified atom stereocenters. The molecule has 1 aromatic rings. The highest BCUT2D eigenvalue weighted by Crippen LogP contribution is 2.48. The molecule has 140 valence electrons. The summed E-state index contributed by atoms with van der Waals surface area (Å²) in [5.41, 5.74) is 1.28. The second-order valence-corrected chi connectivity index (χ2v) is 7.59. The van der Waals surface area contributed by atoms with E-state index in [0.717, 1.165) is 19.3 Å². The highest BCUT2D eigenvalue weighted by molar-refractivity contribution is 5.77. The molecule has 0 bridgehead atoms. The molecule has 2 heteroatoms. The van der Waals surface area contributed by atoms with Gasteiger partial charge in [-0.25, -0.2) is 0 Å². The van der Waals surface area contributed by atoms with Crippen LogP contribution in [-0.4, -0.2) is 12.1 Å². The average Bonchev–Trinajstić information content (AvgIpc) is 3.44. The Morgan fingerprint density at radius 1 is 1.00 bits per heavy atom. The molecule has 1 saturated carbocycles. The zero-order valence-electron chi connectivity index (χ0n) is 16.2. The first-order chi connectivity index (χ1) is 12.3. The van der Waals surface area contributed by atoms with Gasteiger partial charge in [-0.05, 0) is 37.2 Å². The largest absolute Gasteiger partial charge is 0.462 e. The van der Waals surface area contributed by atoms with E-state index < -0.39 is 0 Å². The Balaban J connectivity index is 1.58. The minimum Gasteiger partial charge on any atom is -0.462 e. The first-order valence-corrected chi connectivity index (χ1v) is 10.5. The number of hydrogen-bond acceptors (Lipinski definition) is 2. The third-order valence-corrected chi connectivity index (χ3v) is 5.44. The van der Waals surface area contributed by atoms with E-state index in [4.69, 9.17) is 4.74 Å². The number of unbranched alkanes of at least 4 members (excludes halogenated alkanes) is 7. The second kappa shape index (κ2) is 11.3. The van der Waals surface area contributed by atoms with Crippen molar-refractivity contribution < 1.29 is 9.53 Å². The van der Waals surface area contributed by atoms with E-state index in [1.807, 2.05) is 18.2 Å². The zero-order valence-corrected chi connectivity index (χ0v) is 16.2. The molecule has 0 heterocycles. The van der Waals surface area contributed by atoms with Crippen molar-refractivity contribution in [3.63, 3.8) is 0 Å². The quantitative estimate of drug-likeness (QED) is 0.296. The fraction of sp³-hybridized carbons (Fsp3) is 0.696. The molecule has 1 aliphatic rings. The van der Waals surface area contributed by atoms with Gasteiger partial charge in [-0.1, -0.05) is 89.1 Å². The summed E-state index contributed by atoms with van der Waals surface area (Å²) in [4.78, 5) is 12.4. The lowest BCUT2D eigenvalue weighted by Crippen LogP contribution is -2.19. The Hall–Kier alpha value is -1.31. The molecule has 25 heavy (non-hydrogen) atoms. The fourth-order valence-corrected chi connectivity index (χ4v) is 3.63. The van der Waals surface area contributed by atoms with Crippen molar-refractivity contribution in [1.29, 1.82) is 0 Å². The van der Waals surface area contributed by atoms with Crippen molar-refractivity contribution in [3.05, 3.63) is 35.9 Å². The van der Waals surface area contributed by atoms with Crippen molar-refractivity contribution >= 4 is 5.97 Å². The third kappa shape index (κ3) is 7.22. The van der Waals surface area contributed by atoms with Crippen molar-refractivity contribution in [2.75, 3.05) is 0 Å². The van der Waals surface area contributed by atoms with Crippen LogP contribution in [0.2, 0.25) is 0 Å². The Kier molecular flexibility index (Phi) is 9.07. The lowest BCUT2D eigenvalue weighted by Gasteiger charge is -2.16. The minimum absolute atomic E-state index is 0.0280. The van der Waals surface area contributed by atoms with E-state index in [1.54, 1.807) is 0 Å². The van der Waals surface area contributed by atoms with E-state index in [0.29, 0.717) is 5.92 Å². The Labute approximate surface area is 154 Å². The van der Waals surface area contributed by atoms with Crippen LogP contribution in [0.25, 0.3) is 0 Å². The van der Waals surface area contributed by atoms with Gasteiger partial charge in [0.05, 0.1) is 5.92 Å². The van der Waals surface area contributed by atoms with Gasteiger partial charge in [-0.3, -0.25) is 4.79 Å². The molecule has 1 fully saturated rings. The van der Waals surface area contributed by atoms with Gasteiger partial charge < -0.3 is 4.74 Å². The molecule has 0 aromatic heterocycles. The molecule has 0 spiro atoms. The maximum atomic E-state index is 12.4. The first kappa shape index (κ1) is 20.0. The van der Waals surface area contributed by atoms with E-state index in [2.05, 4.69) is 26.0 Å². The maximum Gasteiger partial charge on any atom is 0.309 e. The summed E-state index contributed by atoms with van der Waals surface area (Å²) in [7, 11) is 0. The van der Waals surface area contributed by atoms with Crippen LogP contribution in [0.4, 0.5) is 0 Å². The van der Waals surface area contributed by atoms with Crippen molar-refractivity contribution in [1.82, 2.24) is 0 Å². The number of rotatable bonds is 13. The van der Waals surface area contributed by atoms with Gasteiger partial charge in [-0.15, -0.1) is 0 Å². The molecule has 2 nitrogen and oxygen atoms in total. The monoisotopic (exact) mass is 344 g/mol. The lowest BCUT2D eigenvalue weighted by molar-refractivity contribution is -0.151. The number of carbonyl (C=O) groups excluding carboxylic acids is 1. The fourth-order valence-electron chi connectivity index (χ4n) is 3.63. The summed E-state index contributed by atoms with van der Waals surface area (Å²) in [5, 5.41) is 0. The van der Waals surface area contributed by atoms with E-state index in [9.17, 15) is 4.79 Å². The standard InChI is InChI=1S/C23H36O2/c1-3-5-6-7-8-9-10-14-17-20(4-2)25-23(24)22-18-21(22)19-15-12-11-13-16-19/h11-13,15-16,20-22H,3-10,14,17-18H2,1-2H3. The van der Waals surface area contributed by atoms with Crippen LogP contribution >= 0.6 is 0 Å².